The summed E-state index contributed by atoms with van der Waals surface area (Å²) < 4.78 is 13.6. The van der Waals surface area contributed by atoms with Gasteiger partial charge in [0.1, 0.15) is 17.2 Å². The first-order chi connectivity index (χ1) is 12.5. The Hall–Kier alpha value is -3.25. The first-order valence-corrected chi connectivity index (χ1v) is 8.00. The van der Waals surface area contributed by atoms with E-state index in [1.807, 2.05) is 0 Å². The van der Waals surface area contributed by atoms with Gasteiger partial charge < -0.3 is 10.6 Å². The van der Waals surface area contributed by atoms with Crippen molar-refractivity contribution in [2.24, 2.45) is 0 Å². The predicted molar refractivity (Wildman–Crippen MR) is 98.0 cm³/mol. The van der Waals surface area contributed by atoms with Gasteiger partial charge in [0.05, 0.1) is 5.69 Å². The number of para-hydroxylation sites is 1. The van der Waals surface area contributed by atoms with Crippen LogP contribution in [0.3, 0.4) is 0 Å². The second-order valence-electron chi connectivity index (χ2n) is 5.30. The Kier molecular flexibility index (Phi) is 5.24. The minimum Gasteiger partial charge on any atom is -0.321 e. The van der Waals surface area contributed by atoms with Gasteiger partial charge in [-0.05, 0) is 48.5 Å². The summed E-state index contributed by atoms with van der Waals surface area (Å²) in [7, 11) is 0. The van der Waals surface area contributed by atoms with Crippen molar-refractivity contribution in [1.29, 1.82) is 0 Å². The molecule has 26 heavy (non-hydrogen) atoms. The Balaban J connectivity index is 1.75. The molecule has 1 aromatic heterocycles. The largest absolute Gasteiger partial charge is 0.321 e. The third-order valence-electron chi connectivity index (χ3n) is 3.44. The molecule has 0 radical (unpaired) electrons. The molecule has 7 heteroatoms. The zero-order valence-electron chi connectivity index (χ0n) is 13.4. The average molecular weight is 370 g/mol. The summed E-state index contributed by atoms with van der Waals surface area (Å²) in [4.78, 5) is 28.6. The van der Waals surface area contributed by atoms with Crippen molar-refractivity contribution in [2.75, 3.05) is 10.6 Å². The number of nitrogens with zero attached hydrogens (tertiary/aromatic N) is 1. The molecule has 3 rings (SSSR count). The summed E-state index contributed by atoms with van der Waals surface area (Å²) in [5, 5.41) is 5.63. The Morgan fingerprint density at radius 1 is 0.808 bits per heavy atom. The Bertz CT molecular complexity index is 961. The molecule has 0 saturated heterocycles. The van der Waals surface area contributed by atoms with E-state index in [1.54, 1.807) is 30.3 Å². The fourth-order valence-electron chi connectivity index (χ4n) is 2.16. The van der Waals surface area contributed by atoms with Gasteiger partial charge in [-0.3, -0.25) is 9.59 Å². The minimum absolute atomic E-state index is 0.00277. The molecular formula is C19H13ClFN3O2. The monoisotopic (exact) mass is 369 g/mol. The molecule has 0 aliphatic heterocycles. The molecule has 3 aromatic rings. The Morgan fingerprint density at radius 3 is 2.08 bits per heavy atom. The summed E-state index contributed by atoms with van der Waals surface area (Å²) in [6, 6.07) is 16.8. The van der Waals surface area contributed by atoms with E-state index in [4.69, 9.17) is 11.6 Å². The number of hydrogen-bond acceptors (Lipinski definition) is 3. The van der Waals surface area contributed by atoms with Crippen molar-refractivity contribution < 1.29 is 14.0 Å². The minimum atomic E-state index is -0.615. The lowest BCUT2D eigenvalue weighted by Crippen LogP contribution is -2.18. The molecule has 0 bridgehead atoms. The maximum Gasteiger partial charge on any atom is 0.274 e. The van der Waals surface area contributed by atoms with Gasteiger partial charge in [-0.1, -0.05) is 29.8 Å². The van der Waals surface area contributed by atoms with Gasteiger partial charge in [-0.25, -0.2) is 9.37 Å². The molecule has 0 aliphatic carbocycles. The quantitative estimate of drug-likeness (QED) is 0.717. The average Bonchev–Trinajstić information content (AvgIpc) is 2.65. The van der Waals surface area contributed by atoms with E-state index in [2.05, 4.69) is 15.6 Å². The molecule has 2 amide bonds. The van der Waals surface area contributed by atoms with Crippen LogP contribution in [0.2, 0.25) is 5.02 Å². The zero-order valence-corrected chi connectivity index (χ0v) is 14.1. The fraction of sp³-hybridized carbons (Fsp3) is 0. The van der Waals surface area contributed by atoms with Gasteiger partial charge in [0.15, 0.2) is 0 Å². The van der Waals surface area contributed by atoms with Gasteiger partial charge in [-0.2, -0.15) is 0 Å². The number of rotatable bonds is 4. The van der Waals surface area contributed by atoms with Crippen LogP contribution in [0.1, 0.15) is 21.0 Å². The topological polar surface area (TPSA) is 71.1 Å². The lowest BCUT2D eigenvalue weighted by Gasteiger charge is -2.08. The van der Waals surface area contributed by atoms with Crippen molar-refractivity contribution in [2.45, 2.75) is 0 Å². The number of carbonyl (C=O) groups is 2. The summed E-state index contributed by atoms with van der Waals surface area (Å²) in [6.45, 7) is 0. The van der Waals surface area contributed by atoms with Gasteiger partial charge in [-0.15, -0.1) is 0 Å². The van der Waals surface area contributed by atoms with E-state index in [-0.39, 0.29) is 17.1 Å². The molecule has 0 atom stereocenters. The van der Waals surface area contributed by atoms with Crippen LogP contribution in [0.25, 0.3) is 0 Å². The molecular weight excluding hydrogens is 357 g/mol. The molecule has 1 heterocycles. The lowest BCUT2D eigenvalue weighted by atomic mass is 10.2. The van der Waals surface area contributed by atoms with Gasteiger partial charge in [0.2, 0.25) is 0 Å². The summed E-state index contributed by atoms with van der Waals surface area (Å²) >= 11 is 5.80. The predicted octanol–water partition coefficient (Wildman–Crippen LogP) is 4.38. The van der Waals surface area contributed by atoms with Crippen molar-refractivity contribution in [1.82, 2.24) is 4.98 Å². The summed E-state index contributed by atoms with van der Waals surface area (Å²) in [6.07, 6.45) is 0. The van der Waals surface area contributed by atoms with Crippen molar-refractivity contribution >= 4 is 34.8 Å². The SMILES string of the molecule is O=C(Nc1ccc(Cl)cc1)c1cccc(C(=O)Nc2ccccc2F)n1. The smallest absolute Gasteiger partial charge is 0.274 e. The van der Waals surface area contributed by atoms with Crippen LogP contribution >= 0.6 is 11.6 Å². The number of halogens is 2. The van der Waals surface area contributed by atoms with Crippen LogP contribution in [-0.2, 0) is 0 Å². The molecule has 5 nitrogen and oxygen atoms in total. The van der Waals surface area contributed by atoms with Crippen molar-refractivity contribution in [3.05, 3.63) is 89.0 Å². The lowest BCUT2D eigenvalue weighted by molar-refractivity contribution is 0.101. The number of anilines is 2. The second-order valence-corrected chi connectivity index (χ2v) is 5.74. The van der Waals surface area contributed by atoms with E-state index in [0.29, 0.717) is 10.7 Å². The maximum atomic E-state index is 13.6. The molecule has 130 valence electrons. The Labute approximate surface area is 153 Å². The number of aromatic nitrogens is 1. The van der Waals surface area contributed by atoms with Gasteiger partial charge in [0, 0.05) is 10.7 Å². The highest BCUT2D eigenvalue weighted by atomic mass is 35.5. The van der Waals surface area contributed by atoms with Gasteiger partial charge >= 0.3 is 0 Å². The van der Waals surface area contributed by atoms with E-state index >= 15 is 0 Å². The molecule has 0 unspecified atom stereocenters. The van der Waals surface area contributed by atoms with Crippen LogP contribution in [-0.4, -0.2) is 16.8 Å². The number of nitrogens with one attached hydrogen (secondary N) is 2. The number of carbonyl (C=O) groups excluding carboxylic acids is 2. The second kappa shape index (κ2) is 7.76. The third-order valence-corrected chi connectivity index (χ3v) is 3.69. The normalized spacial score (nSPS) is 10.2. The van der Waals surface area contributed by atoms with Crippen LogP contribution in [0.15, 0.2) is 66.7 Å². The van der Waals surface area contributed by atoms with Gasteiger partial charge in [0.25, 0.3) is 11.8 Å². The maximum absolute atomic E-state index is 13.6. The van der Waals surface area contributed by atoms with Crippen LogP contribution < -0.4 is 10.6 Å². The number of pyridine rings is 1. The number of benzene rings is 2. The van der Waals surface area contributed by atoms with Crippen LogP contribution in [0, 0.1) is 5.82 Å². The molecule has 2 N–H and O–H groups in total. The van der Waals surface area contributed by atoms with Crippen molar-refractivity contribution in [3.8, 4) is 0 Å². The van der Waals surface area contributed by atoms with E-state index in [1.165, 1.54) is 36.4 Å². The summed E-state index contributed by atoms with van der Waals surface area (Å²) in [5.74, 6) is -1.65. The first-order valence-electron chi connectivity index (χ1n) is 7.63. The number of hydrogen-bond donors (Lipinski definition) is 2. The molecule has 0 aliphatic rings. The highest BCUT2D eigenvalue weighted by molar-refractivity contribution is 6.30. The van der Waals surface area contributed by atoms with E-state index < -0.39 is 17.6 Å². The molecule has 2 aromatic carbocycles. The first kappa shape index (κ1) is 17.6. The van der Waals surface area contributed by atoms with Crippen LogP contribution in [0.5, 0.6) is 0 Å². The fourth-order valence-corrected chi connectivity index (χ4v) is 2.29. The third kappa shape index (κ3) is 4.23. The molecule has 0 fully saturated rings. The molecule has 0 spiro atoms. The summed E-state index contributed by atoms with van der Waals surface area (Å²) in [5.41, 5.74) is 0.635. The van der Waals surface area contributed by atoms with Crippen molar-refractivity contribution in [3.63, 3.8) is 0 Å². The zero-order chi connectivity index (χ0) is 18.5. The molecule has 0 saturated carbocycles. The van der Waals surface area contributed by atoms with Crippen LogP contribution in [0.4, 0.5) is 15.8 Å². The number of amides is 2. The highest BCUT2D eigenvalue weighted by Crippen LogP contribution is 2.15. The standard InChI is InChI=1S/C19H13ClFN3O2/c20-12-8-10-13(11-9-12)22-18(25)16-6-3-7-17(23-16)19(26)24-15-5-2-1-4-14(15)21/h1-11H,(H,22,25)(H,24,26). The van der Waals surface area contributed by atoms with E-state index in [0.717, 1.165) is 0 Å². The van der Waals surface area contributed by atoms with E-state index in [9.17, 15) is 14.0 Å². The Morgan fingerprint density at radius 2 is 1.42 bits per heavy atom. The highest BCUT2D eigenvalue weighted by Gasteiger charge is 2.14.